The molecule has 0 spiro atoms. The van der Waals surface area contributed by atoms with E-state index in [0.717, 1.165) is 36.8 Å². The highest BCUT2D eigenvalue weighted by atomic mass is 16.6. The van der Waals surface area contributed by atoms with Gasteiger partial charge in [-0.05, 0) is 80.5 Å². The topological polar surface area (TPSA) is 94.2 Å². The summed E-state index contributed by atoms with van der Waals surface area (Å²) in [6, 6.07) is 14.4. The monoisotopic (exact) mass is 469 g/mol. The van der Waals surface area contributed by atoms with Gasteiger partial charge < -0.3 is 10.5 Å². The molecule has 2 saturated carbocycles. The Bertz CT molecular complexity index is 1230. The highest BCUT2D eigenvalue weighted by molar-refractivity contribution is 5.72. The Balaban J connectivity index is 1.20. The second-order valence-electron chi connectivity index (χ2n) is 10.7. The van der Waals surface area contributed by atoms with Crippen molar-refractivity contribution in [2.45, 2.75) is 63.1 Å². The molecule has 5 atom stereocenters. The number of carbonyl (C=O) groups excluding carboxylic acids is 1. The molecule has 1 amide bonds. The lowest BCUT2D eigenvalue weighted by molar-refractivity contribution is 0.0224. The van der Waals surface area contributed by atoms with Gasteiger partial charge in [-0.25, -0.2) is 19.7 Å². The van der Waals surface area contributed by atoms with E-state index in [1.54, 1.807) is 18.5 Å². The number of cyclic esters (lactones) is 1. The summed E-state index contributed by atoms with van der Waals surface area (Å²) in [4.78, 5) is 28.3. The molecule has 2 aromatic heterocycles. The Morgan fingerprint density at radius 3 is 2.51 bits per heavy atom. The SMILES string of the molecule is CC1(C)OC(=O)N(C2CCC3C(CC3c3cnc(N)c(-c4ncccn4)c3)C2)C1c1ccccc1. The van der Waals surface area contributed by atoms with Gasteiger partial charge in [0.05, 0.1) is 11.6 Å². The van der Waals surface area contributed by atoms with Crippen LogP contribution in [-0.4, -0.2) is 37.6 Å². The van der Waals surface area contributed by atoms with Crippen LogP contribution in [0, 0.1) is 11.8 Å². The number of nitrogen functional groups attached to an aromatic ring is 1. The van der Waals surface area contributed by atoms with Gasteiger partial charge in [0.25, 0.3) is 0 Å². The number of carbonyl (C=O) groups is 1. The minimum atomic E-state index is -0.553. The summed E-state index contributed by atoms with van der Waals surface area (Å²) in [7, 11) is 0. The predicted molar refractivity (Wildman–Crippen MR) is 133 cm³/mol. The maximum absolute atomic E-state index is 13.0. The third-order valence-corrected chi connectivity index (χ3v) is 8.27. The van der Waals surface area contributed by atoms with Crippen molar-refractivity contribution in [3.8, 4) is 11.4 Å². The summed E-state index contributed by atoms with van der Waals surface area (Å²) < 4.78 is 5.87. The number of hydrogen-bond acceptors (Lipinski definition) is 6. The molecular formula is C28H31N5O2. The molecule has 3 aromatic rings. The number of aromatic nitrogens is 3. The summed E-state index contributed by atoms with van der Waals surface area (Å²) in [6.45, 7) is 4.05. The van der Waals surface area contributed by atoms with Crippen LogP contribution in [-0.2, 0) is 4.74 Å². The quantitative estimate of drug-likeness (QED) is 0.552. The van der Waals surface area contributed by atoms with Crippen LogP contribution in [0.25, 0.3) is 11.4 Å². The van der Waals surface area contributed by atoms with Crippen LogP contribution < -0.4 is 5.73 Å². The number of rotatable bonds is 4. The second-order valence-corrected chi connectivity index (χ2v) is 10.7. The highest BCUT2D eigenvalue weighted by Gasteiger charge is 2.54. The Kier molecular flexibility index (Phi) is 5.24. The average Bonchev–Trinajstić information content (AvgIpc) is 3.09. The van der Waals surface area contributed by atoms with Crippen molar-refractivity contribution >= 4 is 11.9 Å². The molecule has 7 nitrogen and oxygen atoms in total. The summed E-state index contributed by atoms with van der Waals surface area (Å²) in [5, 5.41) is 0. The van der Waals surface area contributed by atoms with Crippen molar-refractivity contribution in [3.05, 3.63) is 72.2 Å². The smallest absolute Gasteiger partial charge is 0.411 e. The molecule has 2 N–H and O–H groups in total. The van der Waals surface area contributed by atoms with Crippen LogP contribution >= 0.6 is 0 Å². The van der Waals surface area contributed by atoms with Gasteiger partial charge in [0, 0.05) is 24.6 Å². The fraction of sp³-hybridized carbons (Fsp3) is 0.429. The number of hydrogen-bond donors (Lipinski definition) is 1. The van der Waals surface area contributed by atoms with Crippen LogP contribution in [0.2, 0.25) is 0 Å². The molecule has 35 heavy (non-hydrogen) atoms. The fourth-order valence-corrected chi connectivity index (χ4v) is 6.65. The lowest BCUT2D eigenvalue weighted by atomic mass is 9.56. The minimum Gasteiger partial charge on any atom is -0.441 e. The molecule has 7 heteroatoms. The van der Waals surface area contributed by atoms with Gasteiger partial charge in [-0.3, -0.25) is 4.90 Å². The molecule has 1 aliphatic heterocycles. The molecule has 1 saturated heterocycles. The van der Waals surface area contributed by atoms with E-state index in [4.69, 9.17) is 10.5 Å². The number of benzene rings is 1. The van der Waals surface area contributed by atoms with Crippen molar-refractivity contribution in [1.82, 2.24) is 19.9 Å². The van der Waals surface area contributed by atoms with Crippen LogP contribution in [0.1, 0.15) is 62.6 Å². The van der Waals surface area contributed by atoms with Gasteiger partial charge >= 0.3 is 6.09 Å². The van der Waals surface area contributed by atoms with E-state index < -0.39 is 5.60 Å². The van der Waals surface area contributed by atoms with E-state index in [0.29, 0.717) is 29.4 Å². The van der Waals surface area contributed by atoms with Crippen LogP contribution in [0.3, 0.4) is 0 Å². The number of pyridine rings is 1. The van der Waals surface area contributed by atoms with Crippen molar-refractivity contribution in [2.24, 2.45) is 11.8 Å². The molecule has 5 unspecified atom stereocenters. The molecule has 0 radical (unpaired) electrons. The molecule has 3 heterocycles. The number of nitrogens with zero attached hydrogens (tertiary/aromatic N) is 4. The zero-order valence-corrected chi connectivity index (χ0v) is 20.2. The molecular weight excluding hydrogens is 438 g/mol. The molecule has 2 aliphatic carbocycles. The van der Waals surface area contributed by atoms with Gasteiger partial charge in [-0.15, -0.1) is 0 Å². The summed E-state index contributed by atoms with van der Waals surface area (Å²) >= 11 is 0. The first-order chi connectivity index (χ1) is 16.9. The van der Waals surface area contributed by atoms with E-state index in [1.165, 1.54) is 5.56 Å². The first kappa shape index (κ1) is 22.0. The fourth-order valence-electron chi connectivity index (χ4n) is 6.65. The van der Waals surface area contributed by atoms with E-state index >= 15 is 0 Å². The number of ether oxygens (including phenoxy) is 1. The largest absolute Gasteiger partial charge is 0.441 e. The van der Waals surface area contributed by atoms with Gasteiger partial charge in [0.2, 0.25) is 0 Å². The maximum Gasteiger partial charge on any atom is 0.411 e. The van der Waals surface area contributed by atoms with Crippen LogP contribution in [0.4, 0.5) is 10.6 Å². The average molecular weight is 470 g/mol. The normalized spacial score (nSPS) is 29.3. The standard InChI is InChI=1S/C28H31N5O2/c1-28(2)24(17-7-4-3-5-8-17)33(27(34)35-28)20-9-10-21-18(13-20)14-22(21)19-15-23(25(29)32-16-19)26-30-11-6-12-31-26/h3-8,11-12,15-16,18,20-22,24H,9-10,13-14H2,1-2H3,(H2,29,32). The third-order valence-electron chi connectivity index (χ3n) is 8.27. The maximum atomic E-state index is 13.0. The Morgan fingerprint density at radius 2 is 1.77 bits per heavy atom. The number of nitrogens with two attached hydrogens (primary N) is 1. The summed E-state index contributed by atoms with van der Waals surface area (Å²) in [5.41, 5.74) is 8.76. The molecule has 0 bridgehead atoms. The van der Waals surface area contributed by atoms with E-state index in [9.17, 15) is 4.79 Å². The summed E-state index contributed by atoms with van der Waals surface area (Å²) in [5.74, 6) is 2.73. The van der Waals surface area contributed by atoms with Gasteiger partial charge in [-0.2, -0.15) is 0 Å². The molecule has 180 valence electrons. The molecule has 3 fully saturated rings. The first-order valence-electron chi connectivity index (χ1n) is 12.5. The Hall–Kier alpha value is -3.48. The zero-order chi connectivity index (χ0) is 24.2. The van der Waals surface area contributed by atoms with Crippen LogP contribution in [0.15, 0.2) is 61.1 Å². The summed E-state index contributed by atoms with van der Waals surface area (Å²) in [6.07, 6.45) is 9.39. The zero-order valence-electron chi connectivity index (χ0n) is 20.2. The number of fused-ring (bicyclic) bond motifs is 1. The third kappa shape index (κ3) is 3.74. The van der Waals surface area contributed by atoms with Gasteiger partial charge in [0.1, 0.15) is 11.4 Å². The van der Waals surface area contributed by atoms with E-state index in [2.05, 4.69) is 33.2 Å². The van der Waals surface area contributed by atoms with Gasteiger partial charge in [0.15, 0.2) is 5.82 Å². The Labute approximate surface area is 205 Å². The molecule has 3 aliphatic rings. The second kappa shape index (κ2) is 8.33. The Morgan fingerprint density at radius 1 is 1.00 bits per heavy atom. The molecule has 1 aromatic carbocycles. The van der Waals surface area contributed by atoms with Crippen LogP contribution in [0.5, 0.6) is 0 Å². The first-order valence-corrected chi connectivity index (χ1v) is 12.5. The molecule has 6 rings (SSSR count). The number of anilines is 1. The van der Waals surface area contributed by atoms with E-state index in [1.807, 2.05) is 43.1 Å². The predicted octanol–water partition coefficient (Wildman–Crippen LogP) is 5.37. The van der Waals surface area contributed by atoms with Crippen molar-refractivity contribution in [3.63, 3.8) is 0 Å². The lowest BCUT2D eigenvalue weighted by Gasteiger charge is -2.52. The van der Waals surface area contributed by atoms with Crippen molar-refractivity contribution < 1.29 is 9.53 Å². The lowest BCUT2D eigenvalue weighted by Crippen LogP contribution is -2.49. The van der Waals surface area contributed by atoms with Gasteiger partial charge in [-0.1, -0.05) is 30.3 Å². The van der Waals surface area contributed by atoms with E-state index in [-0.39, 0.29) is 18.2 Å². The van der Waals surface area contributed by atoms with Crippen molar-refractivity contribution in [2.75, 3.05) is 5.73 Å². The van der Waals surface area contributed by atoms with Crippen molar-refractivity contribution in [1.29, 1.82) is 0 Å². The minimum absolute atomic E-state index is 0.0663. The number of amides is 1. The highest BCUT2D eigenvalue weighted by Crippen LogP contribution is 2.56.